The normalized spacial score (nSPS) is 13.8. The van der Waals surface area contributed by atoms with Crippen molar-refractivity contribution in [2.75, 3.05) is 38.3 Å². The molecule has 0 aliphatic carbocycles. The van der Waals surface area contributed by atoms with Crippen LogP contribution < -0.4 is 4.90 Å². The zero-order valence-electron chi connectivity index (χ0n) is 17.0. The number of ether oxygens (including phenoxy) is 1. The fraction of sp³-hybridized carbons (Fsp3) is 0.250. The summed E-state index contributed by atoms with van der Waals surface area (Å²) < 4.78 is 5.41. The highest BCUT2D eigenvalue weighted by molar-refractivity contribution is 7.99. The number of nitrogens with zero attached hydrogens (tertiary/aromatic N) is 3. The van der Waals surface area contributed by atoms with Gasteiger partial charge >= 0.3 is 0 Å². The van der Waals surface area contributed by atoms with Crippen LogP contribution in [0.1, 0.15) is 15.9 Å². The molecular weight excluding hydrogens is 394 g/mol. The summed E-state index contributed by atoms with van der Waals surface area (Å²) in [6, 6.07) is 22.0. The number of carbonyl (C=O) groups is 1. The first kappa shape index (κ1) is 20.4. The minimum absolute atomic E-state index is 0.0154. The zero-order chi connectivity index (χ0) is 20.8. The Hall–Kier alpha value is -2.83. The van der Waals surface area contributed by atoms with E-state index in [1.165, 1.54) is 5.69 Å². The Morgan fingerprint density at radius 1 is 1.03 bits per heavy atom. The van der Waals surface area contributed by atoms with Gasteiger partial charge in [-0.2, -0.15) is 0 Å². The molecular formula is C24H25N3O2S. The maximum atomic E-state index is 12.8. The van der Waals surface area contributed by atoms with Crippen molar-refractivity contribution >= 4 is 23.4 Å². The van der Waals surface area contributed by atoms with Crippen LogP contribution in [0.3, 0.4) is 0 Å². The quantitative estimate of drug-likeness (QED) is 0.595. The molecule has 0 unspecified atom stereocenters. The van der Waals surface area contributed by atoms with E-state index in [1.54, 1.807) is 22.9 Å². The van der Waals surface area contributed by atoms with Gasteiger partial charge in [-0.1, -0.05) is 30.0 Å². The highest BCUT2D eigenvalue weighted by Crippen LogP contribution is 2.26. The Bertz CT molecular complexity index is 956. The Balaban J connectivity index is 1.35. The molecule has 3 aromatic rings. The van der Waals surface area contributed by atoms with Crippen LogP contribution in [-0.4, -0.2) is 49.1 Å². The number of pyridine rings is 1. The van der Waals surface area contributed by atoms with Crippen molar-refractivity contribution in [2.45, 2.75) is 16.5 Å². The predicted octanol–water partition coefficient (Wildman–Crippen LogP) is 4.34. The summed E-state index contributed by atoms with van der Waals surface area (Å²) >= 11 is 1.58. The Morgan fingerprint density at radius 2 is 1.77 bits per heavy atom. The fourth-order valence-electron chi connectivity index (χ4n) is 3.39. The van der Waals surface area contributed by atoms with Crippen LogP contribution in [0.5, 0.6) is 0 Å². The molecule has 154 valence electrons. The monoisotopic (exact) mass is 419 g/mol. The molecule has 5 nitrogen and oxygen atoms in total. The third-order valence-electron chi connectivity index (χ3n) is 5.04. The number of rotatable bonds is 6. The molecule has 0 radical (unpaired) electrons. The molecule has 1 aliphatic heterocycles. The van der Waals surface area contributed by atoms with Gasteiger partial charge in [-0.3, -0.25) is 4.79 Å². The lowest BCUT2D eigenvalue weighted by atomic mass is 10.1. The maximum Gasteiger partial charge on any atom is 0.253 e. The van der Waals surface area contributed by atoms with E-state index >= 15 is 0 Å². The van der Waals surface area contributed by atoms with Crippen molar-refractivity contribution in [2.24, 2.45) is 0 Å². The van der Waals surface area contributed by atoms with Crippen molar-refractivity contribution in [1.82, 2.24) is 9.88 Å². The SMILES string of the molecule is CN(Cc1ccc(N2CCOCC2)cc1)C(=O)c1ccc(Sc2ccccn2)cc1. The van der Waals surface area contributed by atoms with Gasteiger partial charge in [0.25, 0.3) is 5.91 Å². The molecule has 0 spiro atoms. The van der Waals surface area contributed by atoms with E-state index < -0.39 is 0 Å². The standard InChI is InChI=1S/C24H25N3O2S/c1-26(18-19-5-9-21(10-6-19)27-14-16-29-17-15-27)24(28)20-7-11-22(12-8-20)30-23-4-2-3-13-25-23/h2-13H,14-18H2,1H3. The first-order valence-electron chi connectivity index (χ1n) is 10.0. The molecule has 2 aromatic carbocycles. The second-order valence-electron chi connectivity index (χ2n) is 7.22. The molecule has 2 heterocycles. The van der Waals surface area contributed by atoms with Gasteiger partial charge in [0.15, 0.2) is 0 Å². The molecule has 1 aliphatic rings. The van der Waals surface area contributed by atoms with Crippen LogP contribution in [0.15, 0.2) is 82.8 Å². The minimum atomic E-state index is 0.0154. The molecule has 0 saturated carbocycles. The lowest BCUT2D eigenvalue weighted by Crippen LogP contribution is -2.36. The smallest absolute Gasteiger partial charge is 0.253 e. The van der Waals surface area contributed by atoms with Crippen LogP contribution in [0.25, 0.3) is 0 Å². The van der Waals surface area contributed by atoms with E-state index in [9.17, 15) is 4.79 Å². The molecule has 4 rings (SSSR count). The summed E-state index contributed by atoms with van der Waals surface area (Å²) in [6.45, 7) is 3.97. The highest BCUT2D eigenvalue weighted by Gasteiger charge is 2.14. The van der Waals surface area contributed by atoms with Crippen molar-refractivity contribution < 1.29 is 9.53 Å². The third kappa shape index (κ3) is 5.20. The van der Waals surface area contributed by atoms with E-state index in [2.05, 4.69) is 34.1 Å². The summed E-state index contributed by atoms with van der Waals surface area (Å²) in [7, 11) is 1.84. The molecule has 0 atom stereocenters. The highest BCUT2D eigenvalue weighted by atomic mass is 32.2. The van der Waals surface area contributed by atoms with Crippen molar-refractivity contribution in [1.29, 1.82) is 0 Å². The van der Waals surface area contributed by atoms with Gasteiger partial charge in [0.2, 0.25) is 0 Å². The second-order valence-corrected chi connectivity index (χ2v) is 8.32. The van der Waals surface area contributed by atoms with Crippen LogP contribution in [0, 0.1) is 0 Å². The molecule has 1 aromatic heterocycles. The Morgan fingerprint density at radius 3 is 2.43 bits per heavy atom. The number of morpholine rings is 1. The van der Waals surface area contributed by atoms with E-state index in [-0.39, 0.29) is 5.91 Å². The van der Waals surface area contributed by atoms with Gasteiger partial charge in [-0.15, -0.1) is 0 Å². The van der Waals surface area contributed by atoms with Gasteiger partial charge in [0, 0.05) is 49.0 Å². The lowest BCUT2D eigenvalue weighted by molar-refractivity contribution is 0.0785. The Labute approximate surface area is 181 Å². The number of carbonyl (C=O) groups excluding carboxylic acids is 1. The first-order chi connectivity index (χ1) is 14.7. The molecule has 1 fully saturated rings. The van der Waals surface area contributed by atoms with Crippen LogP contribution in [0.4, 0.5) is 5.69 Å². The van der Waals surface area contributed by atoms with Crippen LogP contribution >= 0.6 is 11.8 Å². The summed E-state index contributed by atoms with van der Waals surface area (Å²) in [5.41, 5.74) is 3.01. The number of hydrogen-bond donors (Lipinski definition) is 0. The van der Waals surface area contributed by atoms with Gasteiger partial charge in [-0.25, -0.2) is 4.98 Å². The average molecular weight is 420 g/mol. The number of anilines is 1. The lowest BCUT2D eigenvalue weighted by Gasteiger charge is -2.29. The Kier molecular flexibility index (Phi) is 6.67. The fourth-order valence-corrected chi connectivity index (χ4v) is 4.17. The number of amides is 1. The summed E-state index contributed by atoms with van der Waals surface area (Å²) in [6.07, 6.45) is 1.78. The minimum Gasteiger partial charge on any atom is -0.378 e. The zero-order valence-corrected chi connectivity index (χ0v) is 17.8. The van der Waals surface area contributed by atoms with Crippen molar-refractivity contribution in [3.05, 3.63) is 84.1 Å². The van der Waals surface area contributed by atoms with E-state index in [1.807, 2.05) is 49.5 Å². The van der Waals surface area contributed by atoms with Crippen LogP contribution in [0.2, 0.25) is 0 Å². The van der Waals surface area contributed by atoms with Crippen LogP contribution in [-0.2, 0) is 11.3 Å². The van der Waals surface area contributed by atoms with E-state index in [0.29, 0.717) is 12.1 Å². The third-order valence-corrected chi connectivity index (χ3v) is 6.00. The van der Waals surface area contributed by atoms with E-state index in [4.69, 9.17) is 4.74 Å². The van der Waals surface area contributed by atoms with E-state index in [0.717, 1.165) is 41.8 Å². The maximum absolute atomic E-state index is 12.8. The number of aromatic nitrogens is 1. The number of benzene rings is 2. The van der Waals surface area contributed by atoms with Gasteiger partial charge < -0.3 is 14.5 Å². The molecule has 0 N–H and O–H groups in total. The molecule has 6 heteroatoms. The van der Waals surface area contributed by atoms with Crippen molar-refractivity contribution in [3.8, 4) is 0 Å². The molecule has 30 heavy (non-hydrogen) atoms. The molecule has 1 amide bonds. The average Bonchev–Trinajstić information content (AvgIpc) is 2.81. The van der Waals surface area contributed by atoms with Crippen molar-refractivity contribution in [3.63, 3.8) is 0 Å². The molecule has 1 saturated heterocycles. The predicted molar refractivity (Wildman–Crippen MR) is 120 cm³/mol. The first-order valence-corrected chi connectivity index (χ1v) is 10.9. The summed E-state index contributed by atoms with van der Waals surface area (Å²) in [5, 5.41) is 0.939. The summed E-state index contributed by atoms with van der Waals surface area (Å²) in [5.74, 6) is 0.0154. The topological polar surface area (TPSA) is 45.7 Å². The second kappa shape index (κ2) is 9.78. The number of hydrogen-bond acceptors (Lipinski definition) is 5. The van der Waals surface area contributed by atoms with Gasteiger partial charge in [-0.05, 0) is 54.1 Å². The largest absolute Gasteiger partial charge is 0.378 e. The van der Waals surface area contributed by atoms with Gasteiger partial charge in [0.1, 0.15) is 5.03 Å². The molecule has 0 bridgehead atoms. The van der Waals surface area contributed by atoms with Gasteiger partial charge in [0.05, 0.1) is 13.2 Å². The summed E-state index contributed by atoms with van der Waals surface area (Å²) in [4.78, 5) is 22.3.